The Morgan fingerprint density at radius 3 is 2.23 bits per heavy atom. The molecule has 0 amide bonds. The molecule has 1 N–H and O–H groups in total. The molecule has 0 heterocycles. The lowest BCUT2D eigenvalue weighted by Crippen LogP contribution is -2.38. The van der Waals surface area contributed by atoms with Crippen LogP contribution in [0.3, 0.4) is 0 Å². The number of carboxylic acid groups (broad SMARTS) is 1. The lowest BCUT2D eigenvalue weighted by molar-refractivity contribution is -0.137. The highest BCUT2D eigenvalue weighted by molar-refractivity contribution is 6.31. The van der Waals surface area contributed by atoms with E-state index in [0.29, 0.717) is 11.4 Å². The largest absolute Gasteiger partial charge is 0.481 e. The van der Waals surface area contributed by atoms with Crippen LogP contribution in [0.25, 0.3) is 6.08 Å². The van der Waals surface area contributed by atoms with E-state index >= 15 is 0 Å². The van der Waals surface area contributed by atoms with Gasteiger partial charge in [-0.05, 0) is 48.6 Å². The average molecular weight is 433 g/mol. The van der Waals surface area contributed by atoms with Gasteiger partial charge in [-0.3, -0.25) is 9.59 Å². The molecule has 0 aromatic heterocycles. The van der Waals surface area contributed by atoms with Crippen LogP contribution in [0.5, 0.6) is 0 Å². The summed E-state index contributed by atoms with van der Waals surface area (Å²) in [7, 11) is 0. The van der Waals surface area contributed by atoms with Crippen LogP contribution >= 0.6 is 11.6 Å². The molecule has 1 unspecified atom stereocenters. The van der Waals surface area contributed by atoms with Gasteiger partial charge in [-0.25, -0.2) is 0 Å². The van der Waals surface area contributed by atoms with Crippen molar-refractivity contribution in [1.29, 1.82) is 0 Å². The zero-order valence-corrected chi connectivity index (χ0v) is 18.2. The van der Waals surface area contributed by atoms with E-state index in [1.54, 1.807) is 18.2 Å². The summed E-state index contributed by atoms with van der Waals surface area (Å²) in [4.78, 5) is 25.2. The molecule has 4 heteroatoms. The number of carbonyl (C=O) groups excluding carboxylic acids is 1. The van der Waals surface area contributed by atoms with Crippen molar-refractivity contribution in [3.63, 3.8) is 0 Å². The summed E-state index contributed by atoms with van der Waals surface area (Å²) in [5, 5.41) is 9.97. The minimum absolute atomic E-state index is 0.122. The summed E-state index contributed by atoms with van der Waals surface area (Å²) >= 11 is 6.43. The zero-order chi connectivity index (χ0) is 22.3. The number of hydrogen-bond acceptors (Lipinski definition) is 2. The Morgan fingerprint density at radius 2 is 1.58 bits per heavy atom. The molecular formula is C27H25ClO3. The zero-order valence-electron chi connectivity index (χ0n) is 17.4. The van der Waals surface area contributed by atoms with Crippen molar-refractivity contribution in [3.05, 3.63) is 112 Å². The fraction of sp³-hybridized carbons (Fsp3) is 0.185. The normalized spacial score (nSPS) is 13.1. The first-order valence-electron chi connectivity index (χ1n) is 10.2. The van der Waals surface area contributed by atoms with Crippen LogP contribution in [0.15, 0.2) is 84.9 Å². The molecule has 3 rings (SSSR count). The van der Waals surface area contributed by atoms with E-state index in [-0.39, 0.29) is 18.6 Å². The molecule has 3 aromatic rings. The standard InChI is InChI=1S/C27H25ClO3/c1-20-11-13-21(14-12-20)15-16-25(29)27(18-17-26(30)31,23-8-3-2-4-9-23)19-22-7-5-6-10-24(22)28/h2-16H,17-19H2,1H3,(H,30,31). The summed E-state index contributed by atoms with van der Waals surface area (Å²) in [6, 6.07) is 24.7. The maximum Gasteiger partial charge on any atom is 0.303 e. The smallest absolute Gasteiger partial charge is 0.303 e. The summed E-state index contributed by atoms with van der Waals surface area (Å²) < 4.78 is 0. The highest BCUT2D eigenvalue weighted by Crippen LogP contribution is 2.37. The number of allylic oxidation sites excluding steroid dienone is 1. The van der Waals surface area contributed by atoms with Crippen LogP contribution in [0.2, 0.25) is 5.02 Å². The highest BCUT2D eigenvalue weighted by Gasteiger charge is 2.39. The third kappa shape index (κ3) is 5.71. The van der Waals surface area contributed by atoms with Crippen molar-refractivity contribution in [2.75, 3.05) is 0 Å². The Kier molecular flexibility index (Phi) is 7.43. The first-order valence-corrected chi connectivity index (χ1v) is 10.6. The summed E-state index contributed by atoms with van der Waals surface area (Å²) in [6.07, 6.45) is 3.72. The number of hydrogen-bond donors (Lipinski definition) is 1. The van der Waals surface area contributed by atoms with Crippen LogP contribution in [0.1, 0.15) is 35.1 Å². The Bertz CT molecular complexity index is 1070. The number of rotatable bonds is 9. The molecule has 3 aromatic carbocycles. The lowest BCUT2D eigenvalue weighted by atomic mass is 9.69. The SMILES string of the molecule is Cc1ccc(C=CC(=O)C(CCC(=O)O)(Cc2ccccc2Cl)c2ccccc2)cc1. The van der Waals surface area contributed by atoms with Crippen LogP contribution in [0.4, 0.5) is 0 Å². The number of carbonyl (C=O) groups is 2. The second-order valence-electron chi connectivity index (χ2n) is 7.72. The summed E-state index contributed by atoms with van der Waals surface area (Å²) in [5.74, 6) is -1.07. The first kappa shape index (κ1) is 22.5. The maximum absolute atomic E-state index is 13.7. The molecule has 158 valence electrons. The van der Waals surface area contributed by atoms with Gasteiger partial charge in [-0.15, -0.1) is 0 Å². The van der Waals surface area contributed by atoms with Crippen molar-refractivity contribution in [1.82, 2.24) is 0 Å². The minimum atomic E-state index is -1.04. The predicted octanol–water partition coefficient (Wildman–Crippen LogP) is 6.28. The molecule has 0 saturated carbocycles. The molecule has 0 radical (unpaired) electrons. The average Bonchev–Trinajstić information content (AvgIpc) is 2.78. The molecular weight excluding hydrogens is 408 g/mol. The fourth-order valence-corrected chi connectivity index (χ4v) is 3.94. The molecule has 0 aliphatic rings. The van der Waals surface area contributed by atoms with Gasteiger partial charge in [-0.2, -0.15) is 0 Å². The predicted molar refractivity (Wildman–Crippen MR) is 125 cm³/mol. The van der Waals surface area contributed by atoms with Gasteiger partial charge in [0, 0.05) is 11.4 Å². The molecule has 3 nitrogen and oxygen atoms in total. The Hall–Kier alpha value is -3.17. The van der Waals surface area contributed by atoms with E-state index in [1.165, 1.54) is 0 Å². The molecule has 0 fully saturated rings. The van der Waals surface area contributed by atoms with Gasteiger partial charge in [0.1, 0.15) is 0 Å². The summed E-state index contributed by atoms with van der Waals surface area (Å²) in [6.45, 7) is 2.01. The van der Waals surface area contributed by atoms with Gasteiger partial charge in [0.2, 0.25) is 0 Å². The highest BCUT2D eigenvalue weighted by atomic mass is 35.5. The number of carboxylic acids is 1. The van der Waals surface area contributed by atoms with Crippen molar-refractivity contribution >= 4 is 29.4 Å². The van der Waals surface area contributed by atoms with Gasteiger partial charge >= 0.3 is 5.97 Å². The van der Waals surface area contributed by atoms with E-state index in [4.69, 9.17) is 11.6 Å². The Morgan fingerprint density at radius 1 is 0.935 bits per heavy atom. The number of ketones is 1. The molecule has 0 bridgehead atoms. The second kappa shape index (κ2) is 10.2. The first-order chi connectivity index (χ1) is 14.9. The van der Waals surface area contributed by atoms with Crippen LogP contribution in [-0.2, 0) is 21.4 Å². The lowest BCUT2D eigenvalue weighted by Gasteiger charge is -2.32. The van der Waals surface area contributed by atoms with Crippen molar-refractivity contribution in [2.24, 2.45) is 0 Å². The second-order valence-corrected chi connectivity index (χ2v) is 8.13. The molecule has 0 aliphatic heterocycles. The monoisotopic (exact) mass is 432 g/mol. The van der Waals surface area contributed by atoms with Crippen molar-refractivity contribution < 1.29 is 14.7 Å². The minimum Gasteiger partial charge on any atom is -0.481 e. The fourth-order valence-electron chi connectivity index (χ4n) is 3.74. The number of aliphatic carboxylic acids is 1. The summed E-state index contributed by atoms with van der Waals surface area (Å²) in [5.41, 5.74) is 2.62. The molecule has 0 spiro atoms. The number of aryl methyl sites for hydroxylation is 1. The maximum atomic E-state index is 13.7. The third-order valence-electron chi connectivity index (χ3n) is 5.52. The van der Waals surface area contributed by atoms with Gasteiger partial charge < -0.3 is 5.11 Å². The van der Waals surface area contributed by atoms with E-state index in [0.717, 1.165) is 22.3 Å². The topological polar surface area (TPSA) is 54.4 Å². The van der Waals surface area contributed by atoms with E-state index in [2.05, 4.69) is 0 Å². The van der Waals surface area contributed by atoms with Gasteiger partial charge in [0.05, 0.1) is 5.41 Å². The number of halogens is 1. The molecule has 1 atom stereocenters. The van der Waals surface area contributed by atoms with E-state index in [1.807, 2.05) is 79.7 Å². The molecule has 0 aliphatic carbocycles. The van der Waals surface area contributed by atoms with Crippen molar-refractivity contribution in [2.45, 2.75) is 31.6 Å². The molecule has 0 saturated heterocycles. The third-order valence-corrected chi connectivity index (χ3v) is 5.89. The quantitative estimate of drug-likeness (QED) is 0.405. The van der Waals surface area contributed by atoms with Crippen molar-refractivity contribution in [3.8, 4) is 0 Å². The molecule has 31 heavy (non-hydrogen) atoms. The van der Waals surface area contributed by atoms with Crippen LogP contribution < -0.4 is 0 Å². The van der Waals surface area contributed by atoms with Gasteiger partial charge in [-0.1, -0.05) is 96.0 Å². The van der Waals surface area contributed by atoms with E-state index in [9.17, 15) is 14.7 Å². The Balaban J connectivity index is 2.07. The van der Waals surface area contributed by atoms with E-state index < -0.39 is 11.4 Å². The number of benzene rings is 3. The van der Waals surface area contributed by atoms with Gasteiger partial charge in [0.25, 0.3) is 0 Å². The van der Waals surface area contributed by atoms with Gasteiger partial charge in [0.15, 0.2) is 5.78 Å². The van der Waals surface area contributed by atoms with Crippen LogP contribution in [0, 0.1) is 6.92 Å². The Labute approximate surface area is 188 Å². The van der Waals surface area contributed by atoms with Crippen LogP contribution in [-0.4, -0.2) is 16.9 Å².